The fraction of sp³-hybridized carbons (Fsp3) is 0.800. The molecule has 5 atom stereocenters. The van der Waals surface area contributed by atoms with Gasteiger partial charge >= 0.3 is 6.03 Å². The summed E-state index contributed by atoms with van der Waals surface area (Å²) in [5.41, 5.74) is -1.13. The Balaban J connectivity index is 1.66. The average molecular weight is 361 g/mol. The van der Waals surface area contributed by atoms with Crippen molar-refractivity contribution in [1.82, 2.24) is 10.2 Å². The SMILES string of the molecule is O=C1NC(O)C=CN1[C@@H]1O[C@@](CO)(CCl)[C@H]2OC3(CCCC3)O[C@@H]12. The monoisotopic (exact) mass is 360 g/mol. The number of carbonyl (C=O) groups is 1. The van der Waals surface area contributed by atoms with E-state index in [1.165, 1.54) is 17.2 Å². The maximum absolute atomic E-state index is 12.2. The van der Waals surface area contributed by atoms with Gasteiger partial charge in [-0.05, 0) is 18.9 Å². The van der Waals surface area contributed by atoms with Crippen LogP contribution in [0.1, 0.15) is 25.7 Å². The summed E-state index contributed by atoms with van der Waals surface area (Å²) in [6.45, 7) is -0.338. The molecule has 134 valence electrons. The number of hydrogen-bond acceptors (Lipinski definition) is 6. The van der Waals surface area contributed by atoms with Crippen molar-refractivity contribution >= 4 is 17.6 Å². The van der Waals surface area contributed by atoms with Crippen molar-refractivity contribution in [2.24, 2.45) is 0 Å². The Kier molecular flexibility index (Phi) is 4.02. The maximum Gasteiger partial charge on any atom is 0.325 e. The molecule has 1 aliphatic carbocycles. The van der Waals surface area contributed by atoms with Gasteiger partial charge in [0.1, 0.15) is 24.0 Å². The number of halogens is 1. The Labute approximate surface area is 144 Å². The zero-order valence-corrected chi connectivity index (χ0v) is 13.8. The van der Waals surface area contributed by atoms with Crippen LogP contribution in [0.3, 0.4) is 0 Å². The molecular formula is C15H21ClN2O6. The molecular weight excluding hydrogens is 340 g/mol. The fourth-order valence-corrected chi connectivity index (χ4v) is 4.26. The van der Waals surface area contributed by atoms with E-state index in [1.807, 2.05) is 0 Å². The number of aliphatic hydroxyl groups excluding tert-OH is 2. The quantitative estimate of drug-likeness (QED) is 0.623. The molecule has 1 unspecified atom stereocenters. The zero-order valence-electron chi connectivity index (χ0n) is 13.1. The van der Waals surface area contributed by atoms with Gasteiger partial charge in [-0.1, -0.05) is 0 Å². The molecule has 1 spiro atoms. The van der Waals surface area contributed by atoms with Crippen molar-refractivity contribution in [1.29, 1.82) is 0 Å². The van der Waals surface area contributed by atoms with Crippen molar-refractivity contribution in [3.63, 3.8) is 0 Å². The second-order valence-electron chi connectivity index (χ2n) is 6.75. The van der Waals surface area contributed by atoms with Crippen LogP contribution < -0.4 is 5.32 Å². The van der Waals surface area contributed by atoms with E-state index in [0.717, 1.165) is 25.7 Å². The van der Waals surface area contributed by atoms with Gasteiger partial charge in [-0.15, -0.1) is 11.6 Å². The Bertz CT molecular complexity index is 548. The largest absolute Gasteiger partial charge is 0.393 e. The van der Waals surface area contributed by atoms with E-state index in [1.54, 1.807) is 0 Å². The lowest BCUT2D eigenvalue weighted by Crippen LogP contribution is -2.53. The number of amides is 2. The van der Waals surface area contributed by atoms with Crippen LogP contribution in [0.2, 0.25) is 0 Å². The van der Waals surface area contributed by atoms with Crippen LogP contribution in [-0.4, -0.2) is 69.7 Å². The van der Waals surface area contributed by atoms with Gasteiger partial charge < -0.3 is 29.7 Å². The number of urea groups is 1. The second kappa shape index (κ2) is 5.82. The van der Waals surface area contributed by atoms with Crippen molar-refractivity contribution in [3.8, 4) is 0 Å². The van der Waals surface area contributed by atoms with E-state index in [9.17, 15) is 15.0 Å². The van der Waals surface area contributed by atoms with Crippen LogP contribution in [0.4, 0.5) is 4.79 Å². The highest BCUT2D eigenvalue weighted by Crippen LogP contribution is 2.50. The molecule has 2 saturated heterocycles. The minimum absolute atomic E-state index is 0.0163. The molecule has 4 rings (SSSR count). The smallest absolute Gasteiger partial charge is 0.325 e. The van der Waals surface area contributed by atoms with Crippen molar-refractivity contribution in [3.05, 3.63) is 12.3 Å². The molecule has 1 saturated carbocycles. The summed E-state index contributed by atoms with van der Waals surface area (Å²) in [5.74, 6) is -0.665. The van der Waals surface area contributed by atoms with Gasteiger partial charge in [0.15, 0.2) is 12.0 Å². The molecule has 24 heavy (non-hydrogen) atoms. The van der Waals surface area contributed by atoms with Crippen molar-refractivity contribution in [2.45, 2.75) is 61.7 Å². The summed E-state index contributed by atoms with van der Waals surface area (Å²) in [7, 11) is 0. The number of ether oxygens (including phenoxy) is 3. The highest BCUT2D eigenvalue weighted by Gasteiger charge is 2.66. The Morgan fingerprint density at radius 1 is 1.33 bits per heavy atom. The third kappa shape index (κ3) is 2.36. The van der Waals surface area contributed by atoms with E-state index >= 15 is 0 Å². The van der Waals surface area contributed by atoms with Crippen LogP contribution in [0.15, 0.2) is 12.3 Å². The molecule has 4 aliphatic rings. The third-order valence-electron chi connectivity index (χ3n) is 5.21. The van der Waals surface area contributed by atoms with Crippen LogP contribution in [0, 0.1) is 0 Å². The lowest BCUT2D eigenvalue weighted by atomic mass is 9.98. The topological polar surface area (TPSA) is 100 Å². The van der Waals surface area contributed by atoms with E-state index < -0.39 is 42.1 Å². The van der Waals surface area contributed by atoms with Crippen LogP contribution in [0.25, 0.3) is 0 Å². The highest BCUT2D eigenvalue weighted by atomic mass is 35.5. The molecule has 3 fully saturated rings. The fourth-order valence-electron chi connectivity index (χ4n) is 3.96. The first-order chi connectivity index (χ1) is 11.5. The van der Waals surface area contributed by atoms with Gasteiger partial charge in [0, 0.05) is 19.0 Å². The molecule has 3 heterocycles. The normalized spacial score (nSPS) is 43.5. The number of rotatable bonds is 3. The molecule has 0 radical (unpaired) electrons. The van der Waals surface area contributed by atoms with Gasteiger partial charge in [-0.3, -0.25) is 4.90 Å². The van der Waals surface area contributed by atoms with Crippen molar-refractivity contribution < 1.29 is 29.2 Å². The standard InChI is InChI=1S/C15H21ClN2O6/c16-7-14(8-19)11-10(22-15(23-11)4-1-2-5-15)12(24-14)18-6-3-9(20)17-13(18)21/h3,6,9-12,19-20H,1-2,4-5,7-8H2,(H,17,21)/t9?,10-,11+,12-,14-/m1/s1. The molecule has 0 aromatic carbocycles. The second-order valence-corrected chi connectivity index (χ2v) is 7.01. The lowest BCUT2D eigenvalue weighted by molar-refractivity contribution is -0.235. The van der Waals surface area contributed by atoms with Crippen LogP contribution >= 0.6 is 11.6 Å². The number of carbonyl (C=O) groups excluding carboxylic acids is 1. The lowest BCUT2D eigenvalue weighted by Gasteiger charge is -2.36. The molecule has 2 amide bonds. The molecule has 8 nitrogen and oxygen atoms in total. The zero-order chi connectivity index (χ0) is 16.9. The Morgan fingerprint density at radius 2 is 2.08 bits per heavy atom. The summed E-state index contributed by atoms with van der Waals surface area (Å²) in [6.07, 6.45) is 3.51. The van der Waals surface area contributed by atoms with Gasteiger partial charge in [-0.2, -0.15) is 0 Å². The summed E-state index contributed by atoms with van der Waals surface area (Å²) in [4.78, 5) is 13.5. The van der Waals surface area contributed by atoms with Gasteiger partial charge in [0.25, 0.3) is 0 Å². The molecule has 0 aromatic heterocycles. The summed E-state index contributed by atoms with van der Waals surface area (Å²) >= 11 is 6.09. The van der Waals surface area contributed by atoms with Gasteiger partial charge in [-0.25, -0.2) is 4.79 Å². The number of fused-ring (bicyclic) bond motifs is 1. The van der Waals surface area contributed by atoms with Crippen molar-refractivity contribution in [2.75, 3.05) is 12.5 Å². The van der Waals surface area contributed by atoms with Gasteiger partial charge in [0.2, 0.25) is 0 Å². The highest BCUT2D eigenvalue weighted by molar-refractivity contribution is 6.18. The first-order valence-corrected chi connectivity index (χ1v) is 8.71. The number of alkyl halides is 1. The molecule has 0 aromatic rings. The number of nitrogens with zero attached hydrogens (tertiary/aromatic N) is 1. The summed E-state index contributed by atoms with van der Waals surface area (Å²) < 4.78 is 18.3. The molecule has 0 bridgehead atoms. The van der Waals surface area contributed by atoms with Gasteiger partial charge in [0.05, 0.1) is 12.5 Å². The van der Waals surface area contributed by atoms with Crippen LogP contribution in [0.5, 0.6) is 0 Å². The molecule has 9 heteroatoms. The molecule has 3 N–H and O–H groups in total. The Hall–Kier alpha value is -0.900. The van der Waals surface area contributed by atoms with E-state index in [4.69, 9.17) is 25.8 Å². The first kappa shape index (κ1) is 16.6. The maximum atomic E-state index is 12.2. The average Bonchev–Trinajstić information content (AvgIpc) is 3.24. The predicted molar refractivity (Wildman–Crippen MR) is 81.9 cm³/mol. The predicted octanol–water partition coefficient (Wildman–Crippen LogP) is 0.224. The van der Waals surface area contributed by atoms with E-state index in [-0.39, 0.29) is 12.5 Å². The minimum atomic E-state index is -1.13. The number of hydrogen-bond donors (Lipinski definition) is 3. The number of aliphatic hydroxyl groups is 2. The summed E-state index contributed by atoms with van der Waals surface area (Å²) in [5, 5.41) is 21.8. The van der Waals surface area contributed by atoms with E-state index in [2.05, 4.69) is 5.32 Å². The molecule has 3 aliphatic heterocycles. The van der Waals surface area contributed by atoms with Crippen LogP contribution in [-0.2, 0) is 14.2 Å². The first-order valence-electron chi connectivity index (χ1n) is 8.18. The summed E-state index contributed by atoms with van der Waals surface area (Å²) in [6, 6.07) is -0.506. The van der Waals surface area contributed by atoms with E-state index in [0.29, 0.717) is 0 Å². The Morgan fingerprint density at radius 3 is 2.71 bits per heavy atom. The third-order valence-corrected chi connectivity index (χ3v) is 5.67. The minimum Gasteiger partial charge on any atom is -0.393 e. The number of nitrogens with one attached hydrogen (secondary N) is 1.